The SMILES string of the molecule is CCCc1cc(C(=O)NC(C)Cc2cnccn2)n[nH]1. The Labute approximate surface area is 118 Å². The van der Waals surface area contributed by atoms with Gasteiger partial charge in [-0.1, -0.05) is 13.3 Å². The standard InChI is InChI=1S/C14H19N5O/c1-3-4-11-8-13(19-18-11)14(20)17-10(2)7-12-9-15-5-6-16-12/h5-6,8-10H,3-4,7H2,1-2H3,(H,17,20)(H,18,19). The Bertz CT molecular complexity index is 552. The van der Waals surface area contributed by atoms with E-state index in [0.29, 0.717) is 12.1 Å². The van der Waals surface area contributed by atoms with Gasteiger partial charge in [-0.05, 0) is 19.4 Å². The summed E-state index contributed by atoms with van der Waals surface area (Å²) in [4.78, 5) is 20.2. The van der Waals surface area contributed by atoms with Crippen molar-refractivity contribution in [2.75, 3.05) is 0 Å². The summed E-state index contributed by atoms with van der Waals surface area (Å²) in [5.41, 5.74) is 2.27. The zero-order chi connectivity index (χ0) is 14.4. The second kappa shape index (κ2) is 6.79. The third kappa shape index (κ3) is 3.88. The Kier molecular flexibility index (Phi) is 4.81. The number of amides is 1. The lowest BCUT2D eigenvalue weighted by Crippen LogP contribution is -2.34. The summed E-state index contributed by atoms with van der Waals surface area (Å²) in [6.45, 7) is 4.02. The van der Waals surface area contributed by atoms with Crippen molar-refractivity contribution < 1.29 is 4.79 Å². The first kappa shape index (κ1) is 14.2. The Hall–Kier alpha value is -2.24. The van der Waals surface area contributed by atoms with E-state index in [0.717, 1.165) is 24.2 Å². The van der Waals surface area contributed by atoms with Crippen LogP contribution in [-0.4, -0.2) is 32.1 Å². The maximum Gasteiger partial charge on any atom is 0.271 e. The zero-order valence-corrected chi connectivity index (χ0v) is 11.8. The van der Waals surface area contributed by atoms with E-state index in [1.807, 2.05) is 6.92 Å². The summed E-state index contributed by atoms with van der Waals surface area (Å²) >= 11 is 0. The van der Waals surface area contributed by atoms with Gasteiger partial charge in [-0.3, -0.25) is 19.9 Å². The number of rotatable bonds is 6. The van der Waals surface area contributed by atoms with Gasteiger partial charge >= 0.3 is 0 Å². The molecule has 0 aliphatic heterocycles. The number of hydrogen-bond acceptors (Lipinski definition) is 4. The lowest BCUT2D eigenvalue weighted by atomic mass is 10.2. The highest BCUT2D eigenvalue weighted by molar-refractivity contribution is 5.92. The van der Waals surface area contributed by atoms with Crippen LogP contribution in [0.5, 0.6) is 0 Å². The molecule has 1 atom stereocenters. The predicted molar refractivity (Wildman–Crippen MR) is 75.2 cm³/mol. The van der Waals surface area contributed by atoms with Crippen LogP contribution in [0.3, 0.4) is 0 Å². The Morgan fingerprint density at radius 2 is 2.30 bits per heavy atom. The van der Waals surface area contributed by atoms with Crippen LogP contribution in [0, 0.1) is 0 Å². The number of aromatic nitrogens is 4. The molecule has 6 nitrogen and oxygen atoms in total. The number of aryl methyl sites for hydroxylation is 1. The normalized spacial score (nSPS) is 12.1. The molecular formula is C14H19N5O. The van der Waals surface area contributed by atoms with E-state index >= 15 is 0 Å². The lowest BCUT2D eigenvalue weighted by Gasteiger charge is -2.11. The van der Waals surface area contributed by atoms with Crippen LogP contribution in [0.2, 0.25) is 0 Å². The van der Waals surface area contributed by atoms with E-state index in [1.54, 1.807) is 24.7 Å². The van der Waals surface area contributed by atoms with Crippen LogP contribution in [0.25, 0.3) is 0 Å². The number of H-pyrrole nitrogens is 1. The van der Waals surface area contributed by atoms with Gasteiger partial charge in [0.25, 0.3) is 5.91 Å². The van der Waals surface area contributed by atoms with Gasteiger partial charge in [0.1, 0.15) is 5.69 Å². The smallest absolute Gasteiger partial charge is 0.271 e. The van der Waals surface area contributed by atoms with E-state index < -0.39 is 0 Å². The van der Waals surface area contributed by atoms with Crippen molar-refractivity contribution in [1.82, 2.24) is 25.5 Å². The van der Waals surface area contributed by atoms with Gasteiger partial charge in [0, 0.05) is 36.7 Å². The van der Waals surface area contributed by atoms with Crippen molar-refractivity contribution >= 4 is 5.91 Å². The number of carbonyl (C=O) groups is 1. The Morgan fingerprint density at radius 3 is 3.00 bits per heavy atom. The minimum Gasteiger partial charge on any atom is -0.348 e. The van der Waals surface area contributed by atoms with Gasteiger partial charge < -0.3 is 5.32 Å². The summed E-state index contributed by atoms with van der Waals surface area (Å²) in [6, 6.07) is 1.78. The van der Waals surface area contributed by atoms with Crippen LogP contribution >= 0.6 is 0 Å². The van der Waals surface area contributed by atoms with Crippen LogP contribution in [-0.2, 0) is 12.8 Å². The Balaban J connectivity index is 1.90. The van der Waals surface area contributed by atoms with E-state index in [9.17, 15) is 4.79 Å². The first-order valence-corrected chi connectivity index (χ1v) is 6.79. The largest absolute Gasteiger partial charge is 0.348 e. The quantitative estimate of drug-likeness (QED) is 0.835. The van der Waals surface area contributed by atoms with Crippen molar-refractivity contribution in [2.24, 2.45) is 0 Å². The van der Waals surface area contributed by atoms with Gasteiger partial charge in [-0.25, -0.2) is 0 Å². The molecule has 0 aliphatic carbocycles. The molecular weight excluding hydrogens is 254 g/mol. The highest BCUT2D eigenvalue weighted by Gasteiger charge is 2.13. The minimum atomic E-state index is -0.167. The molecule has 2 aromatic rings. The molecule has 0 spiro atoms. The highest BCUT2D eigenvalue weighted by Crippen LogP contribution is 2.04. The third-order valence-corrected chi connectivity index (χ3v) is 2.89. The van der Waals surface area contributed by atoms with Crippen molar-refractivity contribution in [1.29, 1.82) is 0 Å². The number of hydrogen-bond donors (Lipinski definition) is 2. The molecule has 2 heterocycles. The predicted octanol–water partition coefficient (Wildman–Crippen LogP) is 1.51. The number of nitrogens with one attached hydrogen (secondary N) is 2. The van der Waals surface area contributed by atoms with E-state index in [-0.39, 0.29) is 11.9 Å². The molecule has 0 fully saturated rings. The number of aromatic amines is 1. The molecule has 106 valence electrons. The minimum absolute atomic E-state index is 0.0227. The molecule has 1 amide bonds. The molecule has 0 bridgehead atoms. The fourth-order valence-corrected chi connectivity index (χ4v) is 1.97. The average molecular weight is 273 g/mol. The molecule has 20 heavy (non-hydrogen) atoms. The maximum atomic E-state index is 12.0. The van der Waals surface area contributed by atoms with Crippen molar-refractivity contribution in [3.63, 3.8) is 0 Å². The van der Waals surface area contributed by atoms with Gasteiger partial charge in [0.15, 0.2) is 0 Å². The van der Waals surface area contributed by atoms with Gasteiger partial charge in [-0.15, -0.1) is 0 Å². The molecule has 0 aromatic carbocycles. The van der Waals surface area contributed by atoms with Gasteiger partial charge in [0.2, 0.25) is 0 Å². The number of carbonyl (C=O) groups excluding carboxylic acids is 1. The van der Waals surface area contributed by atoms with Gasteiger partial charge in [0.05, 0.1) is 5.69 Å². The molecule has 2 N–H and O–H groups in total. The molecule has 0 saturated heterocycles. The molecule has 0 saturated carbocycles. The summed E-state index contributed by atoms with van der Waals surface area (Å²) in [7, 11) is 0. The zero-order valence-electron chi connectivity index (χ0n) is 11.8. The topological polar surface area (TPSA) is 83.6 Å². The van der Waals surface area contributed by atoms with Crippen LogP contribution in [0.15, 0.2) is 24.7 Å². The lowest BCUT2D eigenvalue weighted by molar-refractivity contribution is 0.0935. The van der Waals surface area contributed by atoms with Crippen LogP contribution in [0.1, 0.15) is 42.1 Å². The van der Waals surface area contributed by atoms with E-state index in [2.05, 4.69) is 32.4 Å². The van der Waals surface area contributed by atoms with Crippen LogP contribution in [0.4, 0.5) is 0 Å². The summed E-state index contributed by atoms with van der Waals surface area (Å²) in [5, 5.41) is 9.82. The maximum absolute atomic E-state index is 12.0. The average Bonchev–Trinajstić information content (AvgIpc) is 2.89. The van der Waals surface area contributed by atoms with E-state index in [4.69, 9.17) is 0 Å². The van der Waals surface area contributed by atoms with Crippen molar-refractivity contribution in [2.45, 2.75) is 39.2 Å². The van der Waals surface area contributed by atoms with E-state index in [1.165, 1.54) is 0 Å². The summed E-state index contributed by atoms with van der Waals surface area (Å²) in [6.07, 6.45) is 7.55. The molecule has 0 aliphatic rings. The van der Waals surface area contributed by atoms with Gasteiger partial charge in [-0.2, -0.15) is 5.10 Å². The molecule has 1 unspecified atom stereocenters. The first-order valence-electron chi connectivity index (χ1n) is 6.79. The first-order chi connectivity index (χ1) is 9.69. The fraction of sp³-hybridized carbons (Fsp3) is 0.429. The molecule has 0 radical (unpaired) electrons. The second-order valence-electron chi connectivity index (χ2n) is 4.80. The summed E-state index contributed by atoms with van der Waals surface area (Å²) < 4.78 is 0. The molecule has 2 aromatic heterocycles. The fourth-order valence-electron chi connectivity index (χ4n) is 1.97. The van der Waals surface area contributed by atoms with Crippen molar-refractivity contribution in [3.05, 3.63) is 41.7 Å². The highest BCUT2D eigenvalue weighted by atomic mass is 16.2. The Morgan fingerprint density at radius 1 is 1.45 bits per heavy atom. The molecule has 6 heteroatoms. The van der Waals surface area contributed by atoms with Crippen LogP contribution < -0.4 is 5.32 Å². The van der Waals surface area contributed by atoms with Crippen molar-refractivity contribution in [3.8, 4) is 0 Å². The third-order valence-electron chi connectivity index (χ3n) is 2.89. The molecule has 2 rings (SSSR count). The second-order valence-corrected chi connectivity index (χ2v) is 4.80. The summed E-state index contributed by atoms with van der Waals surface area (Å²) in [5.74, 6) is -0.167. The number of nitrogens with zero attached hydrogens (tertiary/aromatic N) is 3. The monoisotopic (exact) mass is 273 g/mol.